The highest BCUT2D eigenvalue weighted by Crippen LogP contribution is 2.27. The molecule has 0 bridgehead atoms. The first-order valence-corrected chi connectivity index (χ1v) is 7.97. The first-order valence-electron chi connectivity index (χ1n) is 7.59. The summed E-state index contributed by atoms with van der Waals surface area (Å²) in [4.78, 5) is 34.9. The SMILES string of the molecule is O=C(COC(=O)Cn1cc(C(F)(F)F)ccc1=O)NCc1ccc(Cl)cc1. The lowest BCUT2D eigenvalue weighted by atomic mass is 10.2. The summed E-state index contributed by atoms with van der Waals surface area (Å²) in [6.07, 6.45) is -4.13. The number of carbonyl (C=O) groups is 2. The molecule has 144 valence electrons. The Morgan fingerprint density at radius 1 is 1.11 bits per heavy atom. The van der Waals surface area contributed by atoms with Gasteiger partial charge in [-0.3, -0.25) is 14.4 Å². The first-order chi connectivity index (χ1) is 12.6. The van der Waals surface area contributed by atoms with Crippen LogP contribution in [0.25, 0.3) is 0 Å². The predicted octanol–water partition coefficient (Wildman–Crippen LogP) is 2.38. The molecular formula is C17H14ClF3N2O4. The van der Waals surface area contributed by atoms with Crippen LogP contribution in [-0.4, -0.2) is 23.1 Å². The Balaban J connectivity index is 1.84. The number of hydrogen-bond acceptors (Lipinski definition) is 4. The van der Waals surface area contributed by atoms with Crippen molar-refractivity contribution in [2.24, 2.45) is 0 Å². The molecule has 0 saturated heterocycles. The van der Waals surface area contributed by atoms with Crippen molar-refractivity contribution in [2.75, 3.05) is 6.61 Å². The molecule has 2 rings (SSSR count). The molecule has 0 spiro atoms. The molecule has 0 aliphatic heterocycles. The van der Waals surface area contributed by atoms with Crippen LogP contribution < -0.4 is 10.9 Å². The van der Waals surface area contributed by atoms with E-state index in [9.17, 15) is 27.6 Å². The maximum atomic E-state index is 12.6. The molecular weight excluding hydrogens is 389 g/mol. The molecule has 0 aliphatic rings. The Labute approximate surface area is 156 Å². The normalized spacial score (nSPS) is 11.1. The van der Waals surface area contributed by atoms with Gasteiger partial charge in [0.1, 0.15) is 6.54 Å². The van der Waals surface area contributed by atoms with Crippen LogP contribution in [0, 0.1) is 0 Å². The van der Waals surface area contributed by atoms with Gasteiger partial charge in [-0.05, 0) is 23.8 Å². The number of benzene rings is 1. The smallest absolute Gasteiger partial charge is 0.417 e. The quantitative estimate of drug-likeness (QED) is 0.753. The van der Waals surface area contributed by atoms with Gasteiger partial charge in [-0.1, -0.05) is 23.7 Å². The molecule has 0 aliphatic carbocycles. The number of hydrogen-bond donors (Lipinski definition) is 1. The number of carbonyl (C=O) groups excluding carboxylic acids is 2. The zero-order valence-corrected chi connectivity index (χ0v) is 14.5. The van der Waals surface area contributed by atoms with E-state index in [0.29, 0.717) is 27.9 Å². The van der Waals surface area contributed by atoms with Crippen molar-refractivity contribution in [3.05, 3.63) is 69.1 Å². The summed E-state index contributed by atoms with van der Waals surface area (Å²) in [5, 5.41) is 3.05. The molecule has 1 aromatic heterocycles. The third-order valence-electron chi connectivity index (χ3n) is 3.38. The molecule has 0 fully saturated rings. The van der Waals surface area contributed by atoms with Gasteiger partial charge in [0.2, 0.25) is 0 Å². The van der Waals surface area contributed by atoms with Crippen LogP contribution in [0.5, 0.6) is 0 Å². The second kappa shape index (κ2) is 8.72. The Morgan fingerprint density at radius 2 is 1.78 bits per heavy atom. The largest absolute Gasteiger partial charge is 0.454 e. The van der Waals surface area contributed by atoms with E-state index in [1.807, 2.05) is 0 Å². The molecule has 0 unspecified atom stereocenters. The highest BCUT2D eigenvalue weighted by Gasteiger charge is 2.31. The molecule has 6 nitrogen and oxygen atoms in total. The van der Waals surface area contributed by atoms with E-state index in [-0.39, 0.29) is 6.54 Å². The number of ether oxygens (including phenoxy) is 1. The number of amides is 1. The van der Waals surface area contributed by atoms with Crippen LogP contribution in [0.3, 0.4) is 0 Å². The van der Waals surface area contributed by atoms with Gasteiger partial charge in [-0.15, -0.1) is 0 Å². The Bertz CT molecular complexity index is 879. The molecule has 1 N–H and O–H groups in total. The minimum atomic E-state index is -4.65. The summed E-state index contributed by atoms with van der Waals surface area (Å²) in [5.41, 5.74) is -1.10. The standard InChI is InChI=1S/C17H14ClF3N2O4/c18-13-4-1-11(2-5-13)7-22-14(24)10-27-16(26)9-23-8-12(17(19,20)21)3-6-15(23)25/h1-6,8H,7,9-10H2,(H,22,24). The zero-order valence-electron chi connectivity index (χ0n) is 13.8. The van der Waals surface area contributed by atoms with E-state index in [2.05, 4.69) is 10.1 Å². The van der Waals surface area contributed by atoms with E-state index < -0.39 is 42.3 Å². The number of esters is 1. The van der Waals surface area contributed by atoms with Crippen LogP contribution in [-0.2, 0) is 33.6 Å². The van der Waals surface area contributed by atoms with Crippen molar-refractivity contribution in [1.29, 1.82) is 0 Å². The molecule has 1 amide bonds. The molecule has 0 radical (unpaired) electrons. The highest BCUT2D eigenvalue weighted by atomic mass is 35.5. The lowest BCUT2D eigenvalue weighted by Crippen LogP contribution is -2.31. The van der Waals surface area contributed by atoms with E-state index in [1.165, 1.54) is 0 Å². The van der Waals surface area contributed by atoms with E-state index in [1.54, 1.807) is 24.3 Å². The Morgan fingerprint density at radius 3 is 2.41 bits per heavy atom. The van der Waals surface area contributed by atoms with Crippen molar-refractivity contribution >= 4 is 23.5 Å². The number of nitrogens with one attached hydrogen (secondary N) is 1. The van der Waals surface area contributed by atoms with Crippen molar-refractivity contribution in [2.45, 2.75) is 19.3 Å². The second-order valence-corrected chi connectivity index (χ2v) is 5.88. The van der Waals surface area contributed by atoms with Crippen LogP contribution in [0.15, 0.2) is 47.4 Å². The molecule has 0 saturated carbocycles. The first kappa shape index (κ1) is 20.5. The highest BCUT2D eigenvalue weighted by molar-refractivity contribution is 6.30. The van der Waals surface area contributed by atoms with Gasteiger partial charge in [0.25, 0.3) is 11.5 Å². The molecule has 1 aromatic carbocycles. The van der Waals surface area contributed by atoms with Crippen molar-refractivity contribution in [1.82, 2.24) is 9.88 Å². The fourth-order valence-corrected chi connectivity index (χ4v) is 2.13. The second-order valence-electron chi connectivity index (χ2n) is 5.45. The average Bonchev–Trinajstić information content (AvgIpc) is 2.60. The number of pyridine rings is 1. The van der Waals surface area contributed by atoms with Gasteiger partial charge in [0, 0.05) is 23.8 Å². The summed E-state index contributed by atoms with van der Waals surface area (Å²) >= 11 is 5.74. The van der Waals surface area contributed by atoms with Crippen molar-refractivity contribution < 1.29 is 27.5 Å². The summed E-state index contributed by atoms with van der Waals surface area (Å²) in [6, 6.07) is 8.03. The maximum absolute atomic E-state index is 12.6. The lowest BCUT2D eigenvalue weighted by molar-refractivity contribution is -0.149. The minimum absolute atomic E-state index is 0.181. The number of halogens is 4. The minimum Gasteiger partial charge on any atom is -0.454 e. The van der Waals surface area contributed by atoms with E-state index in [4.69, 9.17) is 11.6 Å². The molecule has 27 heavy (non-hydrogen) atoms. The number of alkyl halides is 3. The van der Waals surface area contributed by atoms with E-state index >= 15 is 0 Å². The maximum Gasteiger partial charge on any atom is 0.417 e. The summed E-state index contributed by atoms with van der Waals surface area (Å²) in [7, 11) is 0. The fourth-order valence-electron chi connectivity index (χ4n) is 2.01. The number of rotatable bonds is 6. The van der Waals surface area contributed by atoms with Gasteiger partial charge < -0.3 is 14.6 Å². The molecule has 0 atom stereocenters. The van der Waals surface area contributed by atoms with Crippen LogP contribution >= 0.6 is 11.6 Å². The molecule has 1 heterocycles. The van der Waals surface area contributed by atoms with Crippen molar-refractivity contribution in [3.8, 4) is 0 Å². The van der Waals surface area contributed by atoms with Gasteiger partial charge in [0.15, 0.2) is 6.61 Å². The van der Waals surface area contributed by atoms with E-state index in [0.717, 1.165) is 5.56 Å². The van der Waals surface area contributed by atoms with Gasteiger partial charge in [-0.2, -0.15) is 13.2 Å². The lowest BCUT2D eigenvalue weighted by Gasteiger charge is -2.11. The Kier molecular flexibility index (Phi) is 6.62. The van der Waals surface area contributed by atoms with Gasteiger partial charge in [-0.25, -0.2) is 0 Å². The molecule has 10 heteroatoms. The topological polar surface area (TPSA) is 77.4 Å². The molecule has 2 aromatic rings. The van der Waals surface area contributed by atoms with Crippen LogP contribution in [0.1, 0.15) is 11.1 Å². The number of nitrogens with zero attached hydrogens (tertiary/aromatic N) is 1. The van der Waals surface area contributed by atoms with Gasteiger partial charge in [0.05, 0.1) is 5.56 Å². The van der Waals surface area contributed by atoms with Crippen LogP contribution in [0.4, 0.5) is 13.2 Å². The summed E-state index contributed by atoms with van der Waals surface area (Å²) in [5.74, 6) is -1.62. The monoisotopic (exact) mass is 402 g/mol. The average molecular weight is 403 g/mol. The van der Waals surface area contributed by atoms with Crippen LogP contribution in [0.2, 0.25) is 5.02 Å². The third-order valence-corrected chi connectivity index (χ3v) is 3.63. The zero-order chi connectivity index (χ0) is 20.0. The third kappa shape index (κ3) is 6.45. The number of aromatic nitrogens is 1. The van der Waals surface area contributed by atoms with Gasteiger partial charge >= 0.3 is 12.1 Å². The Hall–Kier alpha value is -2.81. The summed E-state index contributed by atoms with van der Waals surface area (Å²) in [6.45, 7) is -1.19. The van der Waals surface area contributed by atoms with Crippen molar-refractivity contribution in [3.63, 3.8) is 0 Å². The fraction of sp³-hybridized carbons (Fsp3) is 0.235. The predicted molar refractivity (Wildman–Crippen MR) is 90.0 cm³/mol. The summed E-state index contributed by atoms with van der Waals surface area (Å²) < 4.78 is 43.2.